The number of anilines is 1. The number of hydrogen-bond acceptors (Lipinski definition) is 6. The van der Waals surface area contributed by atoms with Gasteiger partial charge in [0.05, 0.1) is 6.61 Å². The topological polar surface area (TPSA) is 86.5 Å². The van der Waals surface area contributed by atoms with Crippen LogP contribution in [0.15, 0.2) is 53.1 Å². The lowest BCUT2D eigenvalue weighted by molar-refractivity contribution is 0.102. The maximum atomic E-state index is 12.4. The van der Waals surface area contributed by atoms with Crippen molar-refractivity contribution < 1.29 is 18.8 Å². The fourth-order valence-electron chi connectivity index (χ4n) is 2.34. The zero-order valence-electron chi connectivity index (χ0n) is 15.3. The number of rotatable bonds is 8. The molecule has 0 bridgehead atoms. The van der Waals surface area contributed by atoms with Gasteiger partial charge < -0.3 is 19.3 Å². The molecule has 0 spiro atoms. The fourth-order valence-corrected chi connectivity index (χ4v) is 2.34. The molecule has 140 valence electrons. The van der Waals surface area contributed by atoms with E-state index in [0.717, 1.165) is 12.2 Å². The summed E-state index contributed by atoms with van der Waals surface area (Å²) in [6.07, 6.45) is 0.928. The van der Waals surface area contributed by atoms with E-state index < -0.39 is 0 Å². The first-order chi connectivity index (χ1) is 13.1. The number of nitrogens with one attached hydrogen (secondary N) is 1. The van der Waals surface area contributed by atoms with Gasteiger partial charge in [-0.05, 0) is 42.8 Å². The standard InChI is InChI=1S/C20H21N3O4/c1-3-11-25-18-6-4-5-16(12-18)22-20(24)15-7-9-17(10-8-15)26-13-19-21-14(2)27-23-19/h4-10,12H,3,11,13H2,1-2H3,(H,22,24). The fraction of sp³-hybridized carbons (Fsp3) is 0.250. The van der Waals surface area contributed by atoms with Gasteiger partial charge in [0.15, 0.2) is 6.61 Å². The van der Waals surface area contributed by atoms with Crippen LogP contribution in [0.1, 0.15) is 35.4 Å². The molecular weight excluding hydrogens is 346 g/mol. The van der Waals surface area contributed by atoms with Crippen molar-refractivity contribution in [1.29, 1.82) is 0 Å². The second-order valence-electron chi connectivity index (χ2n) is 5.87. The summed E-state index contributed by atoms with van der Waals surface area (Å²) in [4.78, 5) is 16.5. The van der Waals surface area contributed by atoms with Gasteiger partial charge >= 0.3 is 0 Å². The predicted molar refractivity (Wildman–Crippen MR) is 100.0 cm³/mol. The molecule has 3 rings (SSSR count). The van der Waals surface area contributed by atoms with E-state index in [1.165, 1.54) is 0 Å². The van der Waals surface area contributed by atoms with Crippen LogP contribution in [0.25, 0.3) is 0 Å². The van der Waals surface area contributed by atoms with Crippen molar-refractivity contribution in [3.8, 4) is 11.5 Å². The first kappa shape index (κ1) is 18.4. The molecule has 1 aromatic heterocycles. The van der Waals surface area contributed by atoms with Gasteiger partial charge in [-0.25, -0.2) is 0 Å². The number of hydrogen-bond donors (Lipinski definition) is 1. The smallest absolute Gasteiger partial charge is 0.255 e. The third kappa shape index (κ3) is 5.31. The zero-order valence-corrected chi connectivity index (χ0v) is 15.3. The molecule has 2 aromatic carbocycles. The van der Waals surface area contributed by atoms with Crippen molar-refractivity contribution in [2.75, 3.05) is 11.9 Å². The van der Waals surface area contributed by atoms with Crippen molar-refractivity contribution in [1.82, 2.24) is 10.1 Å². The number of aryl methyl sites for hydroxylation is 1. The number of carbonyl (C=O) groups is 1. The average molecular weight is 367 g/mol. The molecule has 0 aliphatic heterocycles. The molecule has 0 aliphatic rings. The van der Waals surface area contributed by atoms with Crippen LogP contribution in [-0.4, -0.2) is 22.7 Å². The molecule has 1 heterocycles. The maximum Gasteiger partial charge on any atom is 0.255 e. The van der Waals surface area contributed by atoms with Crippen LogP contribution < -0.4 is 14.8 Å². The normalized spacial score (nSPS) is 10.4. The van der Waals surface area contributed by atoms with Crippen molar-refractivity contribution in [2.24, 2.45) is 0 Å². The zero-order chi connectivity index (χ0) is 19.1. The van der Waals surface area contributed by atoms with E-state index in [1.807, 2.05) is 25.1 Å². The van der Waals surface area contributed by atoms with Crippen LogP contribution in [0.5, 0.6) is 11.5 Å². The van der Waals surface area contributed by atoms with E-state index in [2.05, 4.69) is 15.5 Å². The largest absolute Gasteiger partial charge is 0.494 e. The highest BCUT2D eigenvalue weighted by Gasteiger charge is 2.08. The van der Waals surface area contributed by atoms with Crippen molar-refractivity contribution in [3.05, 3.63) is 65.8 Å². The quantitative estimate of drug-likeness (QED) is 0.648. The van der Waals surface area contributed by atoms with E-state index in [4.69, 9.17) is 14.0 Å². The number of carbonyl (C=O) groups excluding carboxylic acids is 1. The Morgan fingerprint density at radius 2 is 1.93 bits per heavy atom. The molecule has 0 radical (unpaired) electrons. The molecule has 27 heavy (non-hydrogen) atoms. The minimum absolute atomic E-state index is 0.202. The van der Waals surface area contributed by atoms with Gasteiger partial charge in [0, 0.05) is 24.2 Å². The molecule has 3 aromatic rings. The minimum Gasteiger partial charge on any atom is -0.494 e. The lowest BCUT2D eigenvalue weighted by atomic mass is 10.2. The molecule has 0 unspecified atom stereocenters. The van der Waals surface area contributed by atoms with E-state index in [9.17, 15) is 4.79 Å². The van der Waals surface area contributed by atoms with Crippen LogP contribution in [0.3, 0.4) is 0 Å². The first-order valence-corrected chi connectivity index (χ1v) is 8.70. The molecule has 0 saturated heterocycles. The summed E-state index contributed by atoms with van der Waals surface area (Å²) in [6.45, 7) is 4.60. The van der Waals surface area contributed by atoms with E-state index in [1.54, 1.807) is 37.3 Å². The summed E-state index contributed by atoms with van der Waals surface area (Å²) in [5.74, 6) is 2.10. The summed E-state index contributed by atoms with van der Waals surface area (Å²) >= 11 is 0. The maximum absolute atomic E-state index is 12.4. The number of ether oxygens (including phenoxy) is 2. The van der Waals surface area contributed by atoms with Crippen LogP contribution in [-0.2, 0) is 6.61 Å². The Kier molecular flexibility index (Phi) is 6.04. The molecular formula is C20H21N3O4. The van der Waals surface area contributed by atoms with Gasteiger partial charge in [0.25, 0.3) is 5.91 Å². The Hall–Kier alpha value is -3.35. The van der Waals surface area contributed by atoms with Crippen molar-refractivity contribution in [2.45, 2.75) is 26.9 Å². The third-order valence-electron chi connectivity index (χ3n) is 3.62. The summed E-state index contributed by atoms with van der Waals surface area (Å²) in [6, 6.07) is 14.2. The highest BCUT2D eigenvalue weighted by atomic mass is 16.5. The lowest BCUT2D eigenvalue weighted by Crippen LogP contribution is -2.11. The second-order valence-corrected chi connectivity index (χ2v) is 5.87. The SMILES string of the molecule is CCCOc1cccc(NC(=O)c2ccc(OCc3noc(C)n3)cc2)c1. The van der Waals surface area contributed by atoms with Gasteiger partial charge in [0.2, 0.25) is 11.7 Å². The Labute approximate surface area is 157 Å². The highest BCUT2D eigenvalue weighted by molar-refractivity contribution is 6.04. The third-order valence-corrected chi connectivity index (χ3v) is 3.62. The Balaban J connectivity index is 1.57. The number of amides is 1. The number of benzene rings is 2. The van der Waals surface area contributed by atoms with Crippen LogP contribution in [0.2, 0.25) is 0 Å². The van der Waals surface area contributed by atoms with Gasteiger partial charge in [-0.3, -0.25) is 4.79 Å². The van der Waals surface area contributed by atoms with E-state index >= 15 is 0 Å². The Morgan fingerprint density at radius 3 is 2.63 bits per heavy atom. The number of aromatic nitrogens is 2. The molecule has 1 amide bonds. The Bertz CT molecular complexity index is 890. The Morgan fingerprint density at radius 1 is 1.11 bits per heavy atom. The summed E-state index contributed by atoms with van der Waals surface area (Å²) in [5, 5.41) is 6.63. The summed E-state index contributed by atoms with van der Waals surface area (Å²) in [5.41, 5.74) is 1.21. The molecule has 0 fully saturated rings. The monoisotopic (exact) mass is 367 g/mol. The molecule has 1 N–H and O–H groups in total. The van der Waals surface area contributed by atoms with Gasteiger partial charge in [0.1, 0.15) is 11.5 Å². The predicted octanol–water partition coefficient (Wildman–Crippen LogP) is 4.00. The molecule has 0 atom stereocenters. The molecule has 0 aliphatic carbocycles. The molecule has 7 nitrogen and oxygen atoms in total. The first-order valence-electron chi connectivity index (χ1n) is 8.70. The summed E-state index contributed by atoms with van der Waals surface area (Å²) < 4.78 is 16.0. The van der Waals surface area contributed by atoms with Gasteiger partial charge in [-0.1, -0.05) is 18.1 Å². The molecule has 0 saturated carbocycles. The van der Waals surface area contributed by atoms with Crippen LogP contribution >= 0.6 is 0 Å². The summed E-state index contributed by atoms with van der Waals surface area (Å²) in [7, 11) is 0. The second kappa shape index (κ2) is 8.84. The van der Waals surface area contributed by atoms with Crippen molar-refractivity contribution in [3.63, 3.8) is 0 Å². The minimum atomic E-state index is -0.206. The van der Waals surface area contributed by atoms with Crippen LogP contribution in [0, 0.1) is 6.92 Å². The van der Waals surface area contributed by atoms with Gasteiger partial charge in [-0.2, -0.15) is 4.98 Å². The van der Waals surface area contributed by atoms with E-state index in [-0.39, 0.29) is 12.5 Å². The van der Waals surface area contributed by atoms with E-state index in [0.29, 0.717) is 35.3 Å². The van der Waals surface area contributed by atoms with Crippen LogP contribution in [0.4, 0.5) is 5.69 Å². The number of nitrogens with zero attached hydrogens (tertiary/aromatic N) is 2. The molecule has 7 heteroatoms. The van der Waals surface area contributed by atoms with Gasteiger partial charge in [-0.15, -0.1) is 0 Å². The highest BCUT2D eigenvalue weighted by Crippen LogP contribution is 2.19. The average Bonchev–Trinajstić information content (AvgIpc) is 3.10. The lowest BCUT2D eigenvalue weighted by Gasteiger charge is -2.09. The van der Waals surface area contributed by atoms with Crippen molar-refractivity contribution >= 4 is 11.6 Å².